The molecule has 20 heavy (non-hydrogen) atoms. The summed E-state index contributed by atoms with van der Waals surface area (Å²) in [7, 11) is 2.02. The maximum Gasteiger partial charge on any atom is 0.227 e. The Morgan fingerprint density at radius 3 is 2.80 bits per heavy atom. The lowest BCUT2D eigenvalue weighted by atomic mass is 10.2. The third kappa shape index (κ3) is 2.54. The fourth-order valence-electron chi connectivity index (χ4n) is 2.61. The molecule has 3 rings (SSSR count). The molecule has 0 spiro atoms. The number of ether oxygens (including phenoxy) is 1. The van der Waals surface area contributed by atoms with Crippen molar-refractivity contribution in [2.45, 2.75) is 19.4 Å². The predicted octanol–water partition coefficient (Wildman–Crippen LogP) is 2.10. The molecule has 1 aromatic heterocycles. The van der Waals surface area contributed by atoms with Crippen LogP contribution in [0.1, 0.15) is 13.3 Å². The lowest BCUT2D eigenvalue weighted by molar-refractivity contribution is 0.0820. The molecular weight excluding hydrogens is 252 g/mol. The summed E-state index contributed by atoms with van der Waals surface area (Å²) in [5.74, 6) is 1.82. The first-order valence-corrected chi connectivity index (χ1v) is 7.07. The largest absolute Gasteiger partial charge is 0.377 e. The van der Waals surface area contributed by atoms with Crippen molar-refractivity contribution < 1.29 is 4.74 Å². The van der Waals surface area contributed by atoms with Gasteiger partial charge in [0.2, 0.25) is 5.95 Å². The second kappa shape index (κ2) is 5.63. The monoisotopic (exact) mass is 272 g/mol. The lowest BCUT2D eigenvalue weighted by Gasteiger charge is -2.22. The van der Waals surface area contributed by atoms with Crippen molar-refractivity contribution >= 4 is 5.95 Å². The van der Waals surface area contributed by atoms with E-state index in [1.54, 1.807) is 0 Å². The molecule has 0 aliphatic carbocycles. The van der Waals surface area contributed by atoms with Crippen molar-refractivity contribution in [2.24, 2.45) is 7.05 Å². The molecular formula is C15H20N4O. The van der Waals surface area contributed by atoms with E-state index >= 15 is 0 Å². The lowest BCUT2D eigenvalue weighted by Crippen LogP contribution is -2.32. The Morgan fingerprint density at radius 1 is 1.20 bits per heavy atom. The van der Waals surface area contributed by atoms with E-state index in [-0.39, 0.29) is 6.10 Å². The SMILES string of the molecule is C[C@@H]1CN(c2nnc(-c3ccccc3)n2C)CCCO1. The minimum Gasteiger partial charge on any atom is -0.377 e. The quantitative estimate of drug-likeness (QED) is 0.839. The second-order valence-corrected chi connectivity index (χ2v) is 5.23. The molecule has 5 heteroatoms. The van der Waals surface area contributed by atoms with E-state index < -0.39 is 0 Å². The van der Waals surface area contributed by atoms with Gasteiger partial charge in [-0.3, -0.25) is 4.57 Å². The van der Waals surface area contributed by atoms with Gasteiger partial charge in [-0.1, -0.05) is 30.3 Å². The number of aromatic nitrogens is 3. The molecule has 1 fully saturated rings. The van der Waals surface area contributed by atoms with Crippen molar-refractivity contribution in [3.05, 3.63) is 30.3 Å². The van der Waals surface area contributed by atoms with E-state index in [9.17, 15) is 0 Å². The zero-order valence-electron chi connectivity index (χ0n) is 12.0. The van der Waals surface area contributed by atoms with Crippen molar-refractivity contribution in [3.63, 3.8) is 0 Å². The number of nitrogens with zero attached hydrogens (tertiary/aromatic N) is 4. The Morgan fingerprint density at radius 2 is 2.00 bits per heavy atom. The average molecular weight is 272 g/mol. The number of rotatable bonds is 2. The third-order valence-corrected chi connectivity index (χ3v) is 3.62. The maximum atomic E-state index is 5.69. The number of hydrogen-bond donors (Lipinski definition) is 0. The third-order valence-electron chi connectivity index (χ3n) is 3.62. The Hall–Kier alpha value is -1.88. The van der Waals surface area contributed by atoms with Crippen LogP contribution in [0.25, 0.3) is 11.4 Å². The van der Waals surface area contributed by atoms with Crippen molar-refractivity contribution in [1.82, 2.24) is 14.8 Å². The topological polar surface area (TPSA) is 43.2 Å². The van der Waals surface area contributed by atoms with Gasteiger partial charge in [0.15, 0.2) is 5.82 Å². The Bertz CT molecular complexity index is 567. The molecule has 0 unspecified atom stereocenters. The van der Waals surface area contributed by atoms with Gasteiger partial charge < -0.3 is 9.64 Å². The first kappa shape index (κ1) is 13.1. The van der Waals surface area contributed by atoms with Crippen molar-refractivity contribution in [2.75, 3.05) is 24.6 Å². The van der Waals surface area contributed by atoms with E-state index in [0.717, 1.165) is 43.5 Å². The standard InChI is InChI=1S/C15H20N4O/c1-12-11-19(9-6-10-20-12)15-17-16-14(18(15)2)13-7-4-3-5-8-13/h3-5,7-8,12H,6,9-11H2,1-2H3/t12-/m1/s1. The molecule has 1 aliphatic rings. The summed E-state index contributed by atoms with van der Waals surface area (Å²) in [6, 6.07) is 10.2. The number of hydrogen-bond acceptors (Lipinski definition) is 4. The molecule has 1 aliphatic heterocycles. The fourth-order valence-corrected chi connectivity index (χ4v) is 2.61. The van der Waals surface area contributed by atoms with Gasteiger partial charge in [-0.05, 0) is 13.3 Å². The van der Waals surface area contributed by atoms with E-state index in [2.05, 4.69) is 38.7 Å². The van der Waals surface area contributed by atoms with Crippen LogP contribution in [-0.2, 0) is 11.8 Å². The minimum atomic E-state index is 0.231. The average Bonchev–Trinajstić information content (AvgIpc) is 2.71. The predicted molar refractivity (Wildman–Crippen MR) is 78.7 cm³/mol. The molecule has 0 radical (unpaired) electrons. The summed E-state index contributed by atoms with van der Waals surface area (Å²) in [6.07, 6.45) is 1.26. The first-order valence-electron chi connectivity index (χ1n) is 7.07. The van der Waals surface area contributed by atoms with Crippen LogP contribution < -0.4 is 4.90 Å². The summed E-state index contributed by atoms with van der Waals surface area (Å²) < 4.78 is 7.75. The van der Waals surface area contributed by atoms with Crippen LogP contribution in [0.3, 0.4) is 0 Å². The number of benzene rings is 1. The van der Waals surface area contributed by atoms with Crippen LogP contribution in [0, 0.1) is 0 Å². The zero-order valence-corrected chi connectivity index (χ0v) is 12.0. The molecule has 1 saturated heterocycles. The zero-order chi connectivity index (χ0) is 13.9. The maximum absolute atomic E-state index is 5.69. The highest BCUT2D eigenvalue weighted by Crippen LogP contribution is 2.22. The molecule has 1 atom stereocenters. The number of anilines is 1. The molecule has 0 saturated carbocycles. The second-order valence-electron chi connectivity index (χ2n) is 5.23. The molecule has 1 aromatic carbocycles. The molecule has 0 bridgehead atoms. The molecule has 0 N–H and O–H groups in total. The van der Waals surface area contributed by atoms with Gasteiger partial charge in [0.1, 0.15) is 0 Å². The van der Waals surface area contributed by atoms with Gasteiger partial charge in [0, 0.05) is 32.3 Å². The van der Waals surface area contributed by atoms with Crippen LogP contribution in [-0.4, -0.2) is 40.6 Å². The van der Waals surface area contributed by atoms with Gasteiger partial charge in [-0.25, -0.2) is 0 Å². The molecule has 2 aromatic rings. The van der Waals surface area contributed by atoms with Crippen molar-refractivity contribution in [1.29, 1.82) is 0 Å². The first-order chi connectivity index (χ1) is 9.75. The molecule has 106 valence electrons. The van der Waals surface area contributed by atoms with Gasteiger partial charge in [0.05, 0.1) is 6.10 Å². The summed E-state index contributed by atoms with van der Waals surface area (Å²) >= 11 is 0. The van der Waals surface area contributed by atoms with E-state index in [1.807, 2.05) is 25.2 Å². The minimum absolute atomic E-state index is 0.231. The van der Waals surface area contributed by atoms with Gasteiger partial charge >= 0.3 is 0 Å². The van der Waals surface area contributed by atoms with Crippen LogP contribution in [0.4, 0.5) is 5.95 Å². The van der Waals surface area contributed by atoms with E-state index in [4.69, 9.17) is 4.74 Å². The van der Waals surface area contributed by atoms with Gasteiger partial charge in [0.25, 0.3) is 0 Å². The Kier molecular flexibility index (Phi) is 3.69. The Balaban J connectivity index is 1.90. The summed E-state index contributed by atoms with van der Waals surface area (Å²) in [4.78, 5) is 2.26. The van der Waals surface area contributed by atoms with Crippen molar-refractivity contribution in [3.8, 4) is 11.4 Å². The smallest absolute Gasteiger partial charge is 0.227 e. The highest BCUT2D eigenvalue weighted by molar-refractivity contribution is 5.57. The highest BCUT2D eigenvalue weighted by atomic mass is 16.5. The van der Waals surface area contributed by atoms with E-state index in [1.165, 1.54) is 0 Å². The summed E-state index contributed by atoms with van der Waals surface area (Å²) in [6.45, 7) is 4.75. The van der Waals surface area contributed by atoms with Crippen LogP contribution in [0.5, 0.6) is 0 Å². The fraction of sp³-hybridized carbons (Fsp3) is 0.467. The van der Waals surface area contributed by atoms with Gasteiger partial charge in [-0.15, -0.1) is 10.2 Å². The molecule has 5 nitrogen and oxygen atoms in total. The van der Waals surface area contributed by atoms with Crippen LogP contribution in [0.15, 0.2) is 30.3 Å². The summed E-state index contributed by atoms with van der Waals surface area (Å²) in [5, 5.41) is 8.72. The van der Waals surface area contributed by atoms with Crippen LogP contribution in [0.2, 0.25) is 0 Å². The normalized spacial score (nSPS) is 19.9. The molecule has 2 heterocycles. The highest BCUT2D eigenvalue weighted by Gasteiger charge is 2.21. The molecule has 0 amide bonds. The summed E-state index contributed by atoms with van der Waals surface area (Å²) in [5.41, 5.74) is 1.09. The van der Waals surface area contributed by atoms with Gasteiger partial charge in [-0.2, -0.15) is 0 Å². The Labute approximate surface area is 119 Å². The van der Waals surface area contributed by atoms with E-state index in [0.29, 0.717) is 0 Å². The van der Waals surface area contributed by atoms with Crippen LogP contribution >= 0.6 is 0 Å².